The highest BCUT2D eigenvalue weighted by Crippen LogP contribution is 2.31. The van der Waals surface area contributed by atoms with Crippen LogP contribution in [0.4, 0.5) is 0 Å². The molecule has 1 rings (SSSR count). The normalized spacial score (nSPS) is 37.5. The van der Waals surface area contributed by atoms with Gasteiger partial charge in [0.05, 0.1) is 6.17 Å². The molecule has 0 saturated carbocycles. The van der Waals surface area contributed by atoms with Crippen LogP contribution in [0.5, 0.6) is 0 Å². The van der Waals surface area contributed by atoms with Crippen molar-refractivity contribution in [3.8, 4) is 0 Å². The monoisotopic (exact) mass is 170 g/mol. The van der Waals surface area contributed by atoms with Gasteiger partial charge in [0.25, 0.3) is 0 Å². The lowest BCUT2D eigenvalue weighted by atomic mass is 9.90. The summed E-state index contributed by atoms with van der Waals surface area (Å²) in [5.74, 6) is 1.57. The average Bonchev–Trinajstić information content (AvgIpc) is 2.41. The van der Waals surface area contributed by atoms with Gasteiger partial charge in [0, 0.05) is 6.54 Å². The summed E-state index contributed by atoms with van der Waals surface area (Å²) >= 11 is 0. The molecule has 1 aliphatic rings. The quantitative estimate of drug-likeness (QED) is 0.698. The van der Waals surface area contributed by atoms with Crippen LogP contribution in [-0.4, -0.2) is 24.2 Å². The molecule has 1 heterocycles. The summed E-state index contributed by atoms with van der Waals surface area (Å²) in [4.78, 5) is 2.41. The summed E-state index contributed by atoms with van der Waals surface area (Å²) in [6, 6.07) is 0. The highest BCUT2D eigenvalue weighted by molar-refractivity contribution is 4.87. The number of nitrogens with zero attached hydrogens (tertiary/aromatic N) is 1. The molecule has 0 spiro atoms. The molecule has 12 heavy (non-hydrogen) atoms. The van der Waals surface area contributed by atoms with E-state index in [1.807, 2.05) is 0 Å². The second kappa shape index (κ2) is 4.24. The molecule has 2 N–H and O–H groups in total. The molecule has 2 nitrogen and oxygen atoms in total. The first-order valence-electron chi connectivity index (χ1n) is 5.24. The smallest absolute Gasteiger partial charge is 0.0603 e. The molecule has 0 aromatic heterocycles. The summed E-state index contributed by atoms with van der Waals surface area (Å²) in [5.41, 5.74) is 6.14. The van der Waals surface area contributed by atoms with Crippen molar-refractivity contribution in [3.63, 3.8) is 0 Å². The third-order valence-corrected chi connectivity index (χ3v) is 3.34. The summed E-state index contributed by atoms with van der Waals surface area (Å²) in [7, 11) is 0. The average molecular weight is 170 g/mol. The van der Waals surface area contributed by atoms with Gasteiger partial charge >= 0.3 is 0 Å². The zero-order valence-electron chi connectivity index (χ0n) is 8.59. The summed E-state index contributed by atoms with van der Waals surface area (Å²) in [5, 5.41) is 0. The summed E-state index contributed by atoms with van der Waals surface area (Å²) in [6.45, 7) is 9.05. The van der Waals surface area contributed by atoms with Crippen molar-refractivity contribution in [3.05, 3.63) is 0 Å². The fourth-order valence-electron chi connectivity index (χ4n) is 2.45. The van der Waals surface area contributed by atoms with Crippen LogP contribution in [0.1, 0.15) is 33.6 Å². The standard InChI is InChI=1S/C10H22N2/c1-4-8-7-12(6-3)10(11)9(8)5-2/h8-10H,4-7,11H2,1-3H3/t8-,9+,10?/m0/s1. The number of likely N-dealkylation sites (tertiary alicyclic amines) is 1. The fraction of sp³-hybridized carbons (Fsp3) is 1.00. The molecule has 3 atom stereocenters. The maximum atomic E-state index is 6.14. The molecule has 2 heteroatoms. The number of nitrogens with two attached hydrogens (primary N) is 1. The van der Waals surface area contributed by atoms with Crippen LogP contribution >= 0.6 is 0 Å². The molecule has 1 aliphatic heterocycles. The molecule has 0 aliphatic carbocycles. The van der Waals surface area contributed by atoms with Gasteiger partial charge in [-0.25, -0.2) is 0 Å². The van der Waals surface area contributed by atoms with Gasteiger partial charge in [-0.15, -0.1) is 0 Å². The van der Waals surface area contributed by atoms with E-state index >= 15 is 0 Å². The Kier molecular flexibility index (Phi) is 3.53. The fourth-order valence-corrected chi connectivity index (χ4v) is 2.45. The van der Waals surface area contributed by atoms with E-state index in [0.29, 0.717) is 6.17 Å². The van der Waals surface area contributed by atoms with E-state index in [0.717, 1.165) is 18.4 Å². The molecule has 0 radical (unpaired) electrons. The molecule has 1 unspecified atom stereocenters. The van der Waals surface area contributed by atoms with Crippen molar-refractivity contribution in [1.29, 1.82) is 0 Å². The second-order valence-electron chi connectivity index (χ2n) is 3.82. The zero-order valence-corrected chi connectivity index (χ0v) is 8.59. The lowest BCUT2D eigenvalue weighted by molar-refractivity contribution is 0.239. The number of hydrogen-bond acceptors (Lipinski definition) is 2. The molecule has 1 saturated heterocycles. The van der Waals surface area contributed by atoms with Gasteiger partial charge in [-0.3, -0.25) is 4.90 Å². The van der Waals surface area contributed by atoms with Gasteiger partial charge in [0.15, 0.2) is 0 Å². The minimum Gasteiger partial charge on any atom is -0.315 e. The predicted octanol–water partition coefficient (Wildman–Crippen LogP) is 1.66. The van der Waals surface area contributed by atoms with Crippen molar-refractivity contribution < 1.29 is 0 Å². The maximum Gasteiger partial charge on any atom is 0.0603 e. The van der Waals surface area contributed by atoms with Gasteiger partial charge in [-0.2, -0.15) is 0 Å². The van der Waals surface area contributed by atoms with Gasteiger partial charge < -0.3 is 5.73 Å². The third-order valence-electron chi connectivity index (χ3n) is 3.34. The topological polar surface area (TPSA) is 29.3 Å². The predicted molar refractivity (Wildman–Crippen MR) is 52.8 cm³/mol. The highest BCUT2D eigenvalue weighted by atomic mass is 15.2. The summed E-state index contributed by atoms with van der Waals surface area (Å²) < 4.78 is 0. The van der Waals surface area contributed by atoms with Crippen molar-refractivity contribution in [1.82, 2.24) is 4.90 Å². The minimum atomic E-state index is 0.324. The molecule has 0 bridgehead atoms. The van der Waals surface area contributed by atoms with Crippen LogP contribution in [0.2, 0.25) is 0 Å². The van der Waals surface area contributed by atoms with Crippen molar-refractivity contribution in [2.45, 2.75) is 39.8 Å². The third kappa shape index (κ3) is 1.64. The Hall–Kier alpha value is -0.0800. The van der Waals surface area contributed by atoms with E-state index in [-0.39, 0.29) is 0 Å². The Bertz CT molecular complexity index is 134. The SMILES string of the molecule is CC[C@H]1CN(CC)C(N)[C@@H]1CC. The second-order valence-corrected chi connectivity index (χ2v) is 3.82. The Morgan fingerprint density at radius 2 is 1.92 bits per heavy atom. The van der Waals surface area contributed by atoms with Crippen LogP contribution in [-0.2, 0) is 0 Å². The van der Waals surface area contributed by atoms with E-state index in [1.54, 1.807) is 0 Å². The molecular weight excluding hydrogens is 148 g/mol. The largest absolute Gasteiger partial charge is 0.315 e. The maximum absolute atomic E-state index is 6.14. The first-order valence-corrected chi connectivity index (χ1v) is 5.24. The molecule has 0 amide bonds. The lowest BCUT2D eigenvalue weighted by Crippen LogP contribution is -2.40. The summed E-state index contributed by atoms with van der Waals surface area (Å²) in [6.07, 6.45) is 2.84. The van der Waals surface area contributed by atoms with Crippen LogP contribution < -0.4 is 5.73 Å². The van der Waals surface area contributed by atoms with Crippen LogP contribution in [0.3, 0.4) is 0 Å². The molecular formula is C10H22N2. The minimum absolute atomic E-state index is 0.324. The zero-order chi connectivity index (χ0) is 9.14. The lowest BCUT2D eigenvalue weighted by Gasteiger charge is -2.22. The van der Waals surface area contributed by atoms with Crippen molar-refractivity contribution in [2.75, 3.05) is 13.1 Å². The number of hydrogen-bond donors (Lipinski definition) is 1. The van der Waals surface area contributed by atoms with Crippen molar-refractivity contribution in [2.24, 2.45) is 17.6 Å². The molecule has 0 aromatic carbocycles. The van der Waals surface area contributed by atoms with Gasteiger partial charge in [-0.1, -0.05) is 33.6 Å². The van der Waals surface area contributed by atoms with E-state index in [2.05, 4.69) is 25.7 Å². The van der Waals surface area contributed by atoms with Crippen LogP contribution in [0.25, 0.3) is 0 Å². The first-order chi connectivity index (χ1) is 5.74. The van der Waals surface area contributed by atoms with E-state index in [1.165, 1.54) is 19.4 Å². The Morgan fingerprint density at radius 1 is 1.25 bits per heavy atom. The number of rotatable bonds is 3. The van der Waals surface area contributed by atoms with E-state index in [4.69, 9.17) is 5.73 Å². The Morgan fingerprint density at radius 3 is 2.25 bits per heavy atom. The van der Waals surface area contributed by atoms with Crippen LogP contribution in [0.15, 0.2) is 0 Å². The van der Waals surface area contributed by atoms with E-state index < -0.39 is 0 Å². The molecule has 1 fully saturated rings. The van der Waals surface area contributed by atoms with Gasteiger partial charge in [-0.05, 0) is 18.4 Å². The van der Waals surface area contributed by atoms with Crippen molar-refractivity contribution >= 4 is 0 Å². The Labute approximate surface area is 76.1 Å². The van der Waals surface area contributed by atoms with Gasteiger partial charge in [0.1, 0.15) is 0 Å². The highest BCUT2D eigenvalue weighted by Gasteiger charge is 2.36. The Balaban J connectivity index is 2.58. The molecule has 72 valence electrons. The molecule has 0 aromatic rings. The first kappa shape index (κ1) is 10.0. The van der Waals surface area contributed by atoms with Crippen LogP contribution in [0, 0.1) is 11.8 Å². The van der Waals surface area contributed by atoms with E-state index in [9.17, 15) is 0 Å². The van der Waals surface area contributed by atoms with Gasteiger partial charge in [0.2, 0.25) is 0 Å².